The van der Waals surface area contributed by atoms with Gasteiger partial charge in [-0.05, 0) is 26.2 Å². The zero-order chi connectivity index (χ0) is 11.3. The van der Waals surface area contributed by atoms with Crippen LogP contribution in [0.15, 0.2) is 0 Å². The van der Waals surface area contributed by atoms with E-state index in [-0.39, 0.29) is 12.5 Å². The molecule has 1 aliphatic rings. The lowest BCUT2D eigenvalue weighted by Crippen LogP contribution is -2.36. The Morgan fingerprint density at radius 2 is 2.20 bits per heavy atom. The summed E-state index contributed by atoms with van der Waals surface area (Å²) in [7, 11) is 0. The van der Waals surface area contributed by atoms with Gasteiger partial charge in [-0.3, -0.25) is 0 Å². The van der Waals surface area contributed by atoms with E-state index in [9.17, 15) is 13.2 Å². The van der Waals surface area contributed by atoms with Crippen molar-refractivity contribution in [3.63, 3.8) is 0 Å². The Balaban J connectivity index is 2.05. The summed E-state index contributed by atoms with van der Waals surface area (Å²) in [6.45, 7) is 3.37. The second-order valence-corrected chi connectivity index (χ2v) is 4.14. The van der Waals surface area contributed by atoms with Gasteiger partial charge in [0.2, 0.25) is 0 Å². The van der Waals surface area contributed by atoms with Crippen LogP contribution in [0.5, 0.6) is 0 Å². The van der Waals surface area contributed by atoms with Gasteiger partial charge < -0.3 is 10.1 Å². The lowest BCUT2D eigenvalue weighted by Gasteiger charge is -2.18. The van der Waals surface area contributed by atoms with Gasteiger partial charge in [0.15, 0.2) is 0 Å². The summed E-state index contributed by atoms with van der Waals surface area (Å²) in [5.41, 5.74) is 0. The summed E-state index contributed by atoms with van der Waals surface area (Å²) in [4.78, 5) is 0. The van der Waals surface area contributed by atoms with E-state index >= 15 is 0 Å². The van der Waals surface area contributed by atoms with Crippen molar-refractivity contribution in [1.29, 1.82) is 0 Å². The highest BCUT2D eigenvalue weighted by Crippen LogP contribution is 2.22. The van der Waals surface area contributed by atoms with Gasteiger partial charge >= 0.3 is 6.18 Å². The van der Waals surface area contributed by atoms with Gasteiger partial charge in [0, 0.05) is 25.1 Å². The molecule has 0 saturated carbocycles. The van der Waals surface area contributed by atoms with E-state index in [0.29, 0.717) is 19.1 Å². The summed E-state index contributed by atoms with van der Waals surface area (Å²) in [6.07, 6.45) is -2.97. The number of nitrogens with one attached hydrogen (secondary N) is 1. The molecule has 15 heavy (non-hydrogen) atoms. The molecule has 2 atom stereocenters. The normalized spacial score (nSPS) is 24.4. The molecule has 0 aliphatic carbocycles. The van der Waals surface area contributed by atoms with E-state index in [4.69, 9.17) is 4.74 Å². The molecule has 0 aromatic rings. The largest absolute Gasteiger partial charge is 0.389 e. The first-order valence-corrected chi connectivity index (χ1v) is 5.38. The second-order valence-electron chi connectivity index (χ2n) is 4.14. The molecule has 0 aromatic carbocycles. The topological polar surface area (TPSA) is 21.3 Å². The third-order valence-corrected chi connectivity index (χ3v) is 2.55. The maximum Gasteiger partial charge on any atom is 0.389 e. The number of ether oxygens (including phenoxy) is 1. The van der Waals surface area contributed by atoms with Gasteiger partial charge in [-0.2, -0.15) is 13.2 Å². The lowest BCUT2D eigenvalue weighted by atomic mass is 10.1. The Labute approximate surface area is 88.2 Å². The van der Waals surface area contributed by atoms with E-state index in [1.54, 1.807) is 0 Å². The fraction of sp³-hybridized carbons (Fsp3) is 1.00. The summed E-state index contributed by atoms with van der Waals surface area (Å²) >= 11 is 0. The summed E-state index contributed by atoms with van der Waals surface area (Å²) in [6, 6.07) is 0.463. The van der Waals surface area contributed by atoms with Gasteiger partial charge in [0.05, 0.1) is 6.61 Å². The van der Waals surface area contributed by atoms with Crippen LogP contribution in [0.25, 0.3) is 0 Å². The predicted octanol–water partition coefficient (Wildman–Crippen LogP) is 2.49. The molecule has 1 aliphatic heterocycles. The van der Waals surface area contributed by atoms with Crippen molar-refractivity contribution in [1.82, 2.24) is 5.32 Å². The van der Waals surface area contributed by atoms with Gasteiger partial charge in [-0.1, -0.05) is 0 Å². The van der Waals surface area contributed by atoms with Gasteiger partial charge in [0.1, 0.15) is 0 Å². The number of hydrogen-bond donors (Lipinski definition) is 1. The maximum atomic E-state index is 11.9. The second kappa shape index (κ2) is 5.70. The van der Waals surface area contributed by atoms with E-state index in [1.807, 2.05) is 6.92 Å². The van der Waals surface area contributed by atoms with Crippen LogP contribution < -0.4 is 5.32 Å². The number of alkyl halides is 3. The fourth-order valence-corrected chi connectivity index (χ4v) is 1.76. The van der Waals surface area contributed by atoms with Crippen molar-refractivity contribution in [2.24, 2.45) is 0 Å². The summed E-state index contributed by atoms with van der Waals surface area (Å²) in [5.74, 6) is 0. The SMILES string of the molecule is CC(CCCC(F)(F)F)NC1CCOC1. The first-order valence-electron chi connectivity index (χ1n) is 5.38. The molecule has 2 unspecified atom stereocenters. The standard InChI is InChI=1S/C10H18F3NO/c1-8(3-2-5-10(11,12)13)14-9-4-6-15-7-9/h8-9,14H,2-7H2,1H3. The monoisotopic (exact) mass is 225 g/mol. The molecule has 1 heterocycles. The van der Waals surface area contributed by atoms with Crippen LogP contribution in [0, 0.1) is 0 Å². The molecule has 5 heteroatoms. The van der Waals surface area contributed by atoms with Crippen LogP contribution in [0.3, 0.4) is 0 Å². The minimum absolute atomic E-state index is 0.138. The number of hydrogen-bond acceptors (Lipinski definition) is 2. The quantitative estimate of drug-likeness (QED) is 0.776. The van der Waals surface area contributed by atoms with Gasteiger partial charge in [-0.15, -0.1) is 0 Å². The molecule has 90 valence electrons. The van der Waals surface area contributed by atoms with E-state index < -0.39 is 12.6 Å². The zero-order valence-electron chi connectivity index (χ0n) is 8.94. The van der Waals surface area contributed by atoms with Crippen molar-refractivity contribution >= 4 is 0 Å². The van der Waals surface area contributed by atoms with E-state index in [0.717, 1.165) is 13.0 Å². The molecular weight excluding hydrogens is 207 g/mol. The molecule has 1 rings (SSSR count). The zero-order valence-corrected chi connectivity index (χ0v) is 8.94. The minimum atomic E-state index is -4.02. The lowest BCUT2D eigenvalue weighted by molar-refractivity contribution is -0.135. The molecule has 1 fully saturated rings. The van der Waals surface area contributed by atoms with Crippen LogP contribution >= 0.6 is 0 Å². The van der Waals surface area contributed by atoms with Crippen LogP contribution in [0.2, 0.25) is 0 Å². The molecule has 0 amide bonds. The molecule has 0 spiro atoms. The number of rotatable bonds is 5. The van der Waals surface area contributed by atoms with Crippen molar-refractivity contribution in [3.8, 4) is 0 Å². The van der Waals surface area contributed by atoms with Crippen LogP contribution in [-0.2, 0) is 4.74 Å². The van der Waals surface area contributed by atoms with Crippen molar-refractivity contribution in [2.75, 3.05) is 13.2 Å². The molecule has 0 bridgehead atoms. The van der Waals surface area contributed by atoms with Crippen molar-refractivity contribution < 1.29 is 17.9 Å². The molecule has 1 saturated heterocycles. The average molecular weight is 225 g/mol. The Bertz CT molecular complexity index is 178. The fourth-order valence-electron chi connectivity index (χ4n) is 1.76. The van der Waals surface area contributed by atoms with E-state index in [2.05, 4.69) is 5.32 Å². The smallest absolute Gasteiger partial charge is 0.380 e. The highest BCUT2D eigenvalue weighted by molar-refractivity contribution is 4.75. The number of halogens is 3. The van der Waals surface area contributed by atoms with Crippen LogP contribution in [-0.4, -0.2) is 31.5 Å². The molecule has 1 N–H and O–H groups in total. The first kappa shape index (κ1) is 12.8. The van der Waals surface area contributed by atoms with Crippen molar-refractivity contribution in [3.05, 3.63) is 0 Å². The Hall–Kier alpha value is -0.290. The Morgan fingerprint density at radius 3 is 2.73 bits per heavy atom. The first-order chi connectivity index (χ1) is 6.97. The average Bonchev–Trinajstić information content (AvgIpc) is 2.54. The minimum Gasteiger partial charge on any atom is -0.380 e. The molecule has 0 aromatic heterocycles. The maximum absolute atomic E-state index is 11.9. The van der Waals surface area contributed by atoms with Crippen molar-refractivity contribution in [2.45, 2.75) is 50.9 Å². The van der Waals surface area contributed by atoms with Crippen LogP contribution in [0.1, 0.15) is 32.6 Å². The predicted molar refractivity (Wildman–Crippen MR) is 51.7 cm³/mol. The van der Waals surface area contributed by atoms with Gasteiger partial charge in [-0.25, -0.2) is 0 Å². The Kier molecular flexibility index (Phi) is 4.86. The molecule has 2 nitrogen and oxygen atoms in total. The third kappa shape index (κ3) is 5.99. The Morgan fingerprint density at radius 1 is 1.47 bits per heavy atom. The highest BCUT2D eigenvalue weighted by atomic mass is 19.4. The van der Waals surface area contributed by atoms with Gasteiger partial charge in [0.25, 0.3) is 0 Å². The molecular formula is C10H18F3NO. The molecule has 0 radical (unpaired) electrons. The summed E-state index contributed by atoms with van der Waals surface area (Å²) in [5, 5.41) is 3.27. The third-order valence-electron chi connectivity index (χ3n) is 2.55. The van der Waals surface area contributed by atoms with Crippen LogP contribution in [0.4, 0.5) is 13.2 Å². The highest BCUT2D eigenvalue weighted by Gasteiger charge is 2.26. The summed E-state index contributed by atoms with van der Waals surface area (Å²) < 4.78 is 40.8. The van der Waals surface area contributed by atoms with E-state index in [1.165, 1.54) is 0 Å².